The second-order valence-electron chi connectivity index (χ2n) is 5.50. The van der Waals surface area contributed by atoms with Crippen molar-refractivity contribution in [2.75, 3.05) is 20.6 Å². The van der Waals surface area contributed by atoms with Crippen molar-refractivity contribution in [3.05, 3.63) is 29.8 Å². The highest BCUT2D eigenvalue weighted by molar-refractivity contribution is 5.27. The highest BCUT2D eigenvalue weighted by atomic mass is 16.3. The average molecular weight is 250 g/mol. The van der Waals surface area contributed by atoms with Crippen molar-refractivity contribution in [1.82, 2.24) is 10.2 Å². The molecule has 1 aromatic rings. The second-order valence-corrected chi connectivity index (χ2v) is 5.50. The summed E-state index contributed by atoms with van der Waals surface area (Å²) in [5.74, 6) is 0.943. The summed E-state index contributed by atoms with van der Waals surface area (Å²) in [4.78, 5) is 2.27. The van der Waals surface area contributed by atoms with Crippen LogP contribution in [0.2, 0.25) is 0 Å². The van der Waals surface area contributed by atoms with E-state index in [0.29, 0.717) is 23.8 Å². The van der Waals surface area contributed by atoms with Crippen molar-refractivity contribution >= 4 is 0 Å². The third kappa shape index (κ3) is 4.31. The summed E-state index contributed by atoms with van der Waals surface area (Å²) in [6.07, 6.45) is 0. The van der Waals surface area contributed by atoms with Gasteiger partial charge in [-0.2, -0.15) is 0 Å². The van der Waals surface area contributed by atoms with Crippen LogP contribution in [-0.2, 0) is 0 Å². The number of rotatable bonds is 6. The molecule has 0 aliphatic heterocycles. The Morgan fingerprint density at radius 1 is 1.11 bits per heavy atom. The van der Waals surface area contributed by atoms with Gasteiger partial charge in [-0.1, -0.05) is 26.0 Å². The van der Waals surface area contributed by atoms with E-state index in [4.69, 9.17) is 0 Å². The third-order valence-corrected chi connectivity index (χ3v) is 3.46. The molecule has 18 heavy (non-hydrogen) atoms. The van der Waals surface area contributed by atoms with Crippen LogP contribution in [-0.4, -0.2) is 36.7 Å². The molecule has 3 heteroatoms. The molecule has 2 unspecified atom stereocenters. The minimum Gasteiger partial charge on any atom is -0.508 e. The highest BCUT2D eigenvalue weighted by Gasteiger charge is 2.16. The van der Waals surface area contributed by atoms with Gasteiger partial charge in [-0.25, -0.2) is 0 Å². The van der Waals surface area contributed by atoms with Crippen LogP contribution in [0.3, 0.4) is 0 Å². The Bertz CT molecular complexity index is 338. The van der Waals surface area contributed by atoms with Crippen LogP contribution in [0.4, 0.5) is 0 Å². The first-order valence-electron chi connectivity index (χ1n) is 6.60. The van der Waals surface area contributed by atoms with E-state index >= 15 is 0 Å². The number of hydrogen-bond donors (Lipinski definition) is 2. The molecule has 0 spiro atoms. The predicted octanol–water partition coefficient (Wildman–Crippen LogP) is 2.63. The summed E-state index contributed by atoms with van der Waals surface area (Å²) in [5.41, 5.74) is 1.20. The monoisotopic (exact) mass is 250 g/mol. The fraction of sp³-hybridized carbons (Fsp3) is 0.600. The van der Waals surface area contributed by atoms with Crippen LogP contribution in [0.25, 0.3) is 0 Å². The SMILES string of the molecule is CC(NCC(C(C)C)N(C)C)c1ccc(O)cc1. The van der Waals surface area contributed by atoms with Gasteiger partial charge in [-0.15, -0.1) is 0 Å². The van der Waals surface area contributed by atoms with E-state index in [1.165, 1.54) is 5.56 Å². The lowest BCUT2D eigenvalue weighted by molar-refractivity contribution is 0.220. The van der Waals surface area contributed by atoms with E-state index in [1.807, 2.05) is 12.1 Å². The van der Waals surface area contributed by atoms with Crippen molar-refractivity contribution < 1.29 is 5.11 Å². The Labute approximate surface area is 111 Å². The lowest BCUT2D eigenvalue weighted by atomic mass is 10.0. The van der Waals surface area contributed by atoms with Crippen LogP contribution in [0, 0.1) is 5.92 Å². The standard InChI is InChI=1S/C15H26N2O/c1-11(2)15(17(4)5)10-16-12(3)13-6-8-14(18)9-7-13/h6-9,11-12,15-16,18H,10H2,1-5H3. The van der Waals surface area contributed by atoms with Gasteiger partial charge in [0.25, 0.3) is 0 Å². The van der Waals surface area contributed by atoms with Crippen molar-refractivity contribution in [3.8, 4) is 5.75 Å². The molecule has 0 aromatic heterocycles. The Kier molecular flexibility index (Phi) is 5.63. The van der Waals surface area contributed by atoms with Crippen molar-refractivity contribution in [2.45, 2.75) is 32.9 Å². The van der Waals surface area contributed by atoms with E-state index in [0.717, 1.165) is 6.54 Å². The maximum absolute atomic E-state index is 9.28. The summed E-state index contributed by atoms with van der Waals surface area (Å²) in [5, 5.41) is 12.8. The fourth-order valence-corrected chi connectivity index (χ4v) is 2.19. The Morgan fingerprint density at radius 3 is 2.11 bits per heavy atom. The van der Waals surface area contributed by atoms with E-state index in [1.54, 1.807) is 12.1 Å². The first kappa shape index (κ1) is 15.0. The van der Waals surface area contributed by atoms with E-state index in [9.17, 15) is 5.11 Å². The maximum atomic E-state index is 9.28. The molecule has 0 saturated carbocycles. The largest absolute Gasteiger partial charge is 0.508 e. The number of benzene rings is 1. The van der Waals surface area contributed by atoms with Crippen LogP contribution in [0.1, 0.15) is 32.4 Å². The van der Waals surface area contributed by atoms with Gasteiger partial charge >= 0.3 is 0 Å². The smallest absolute Gasteiger partial charge is 0.115 e. The Hall–Kier alpha value is -1.06. The molecule has 102 valence electrons. The highest BCUT2D eigenvalue weighted by Crippen LogP contribution is 2.17. The lowest BCUT2D eigenvalue weighted by Gasteiger charge is -2.29. The quantitative estimate of drug-likeness (QED) is 0.814. The second kappa shape index (κ2) is 6.76. The number of phenolic OH excluding ortho intramolecular Hbond substituents is 1. The summed E-state index contributed by atoms with van der Waals surface area (Å²) >= 11 is 0. The lowest BCUT2D eigenvalue weighted by Crippen LogP contribution is -2.42. The molecule has 0 amide bonds. The summed E-state index contributed by atoms with van der Waals surface area (Å²) in [6.45, 7) is 7.61. The topological polar surface area (TPSA) is 35.5 Å². The predicted molar refractivity (Wildman–Crippen MR) is 76.8 cm³/mol. The molecule has 0 aliphatic carbocycles. The number of hydrogen-bond acceptors (Lipinski definition) is 3. The third-order valence-electron chi connectivity index (χ3n) is 3.46. The first-order valence-corrected chi connectivity index (χ1v) is 6.60. The molecule has 1 aromatic carbocycles. The van der Waals surface area contributed by atoms with Gasteiger partial charge in [-0.3, -0.25) is 0 Å². The van der Waals surface area contributed by atoms with Crippen molar-refractivity contribution in [2.24, 2.45) is 5.92 Å². The van der Waals surface area contributed by atoms with E-state index in [2.05, 4.69) is 45.1 Å². The molecule has 2 atom stereocenters. The molecule has 2 N–H and O–H groups in total. The molecule has 3 nitrogen and oxygen atoms in total. The number of nitrogens with one attached hydrogen (secondary N) is 1. The van der Waals surface area contributed by atoms with Gasteiger partial charge in [0.1, 0.15) is 5.75 Å². The van der Waals surface area contributed by atoms with Gasteiger partial charge in [0.15, 0.2) is 0 Å². The minimum atomic E-state index is 0.298. The molecular weight excluding hydrogens is 224 g/mol. The number of aromatic hydroxyl groups is 1. The number of likely N-dealkylation sites (N-methyl/N-ethyl adjacent to an activating group) is 1. The van der Waals surface area contributed by atoms with Gasteiger partial charge in [0, 0.05) is 18.6 Å². The van der Waals surface area contributed by atoms with Gasteiger partial charge in [0.2, 0.25) is 0 Å². The molecule has 0 radical (unpaired) electrons. The van der Waals surface area contributed by atoms with Crippen LogP contribution >= 0.6 is 0 Å². The first-order chi connectivity index (χ1) is 8.41. The fourth-order valence-electron chi connectivity index (χ4n) is 2.19. The summed E-state index contributed by atoms with van der Waals surface area (Å²) in [6, 6.07) is 8.23. The van der Waals surface area contributed by atoms with Crippen LogP contribution in [0.5, 0.6) is 5.75 Å². The number of nitrogens with zero attached hydrogens (tertiary/aromatic N) is 1. The zero-order valence-electron chi connectivity index (χ0n) is 12.1. The van der Waals surface area contributed by atoms with Crippen molar-refractivity contribution in [1.29, 1.82) is 0 Å². The van der Waals surface area contributed by atoms with E-state index in [-0.39, 0.29) is 0 Å². The Morgan fingerprint density at radius 2 is 1.67 bits per heavy atom. The molecule has 0 bridgehead atoms. The average Bonchev–Trinajstić information content (AvgIpc) is 2.28. The van der Waals surface area contributed by atoms with Crippen LogP contribution < -0.4 is 5.32 Å². The maximum Gasteiger partial charge on any atom is 0.115 e. The molecular formula is C15H26N2O. The minimum absolute atomic E-state index is 0.298. The molecule has 0 heterocycles. The van der Waals surface area contributed by atoms with Gasteiger partial charge < -0.3 is 15.3 Å². The molecule has 1 rings (SSSR count). The van der Waals surface area contributed by atoms with Crippen molar-refractivity contribution in [3.63, 3.8) is 0 Å². The van der Waals surface area contributed by atoms with Gasteiger partial charge in [0.05, 0.1) is 0 Å². The molecule has 0 saturated heterocycles. The zero-order chi connectivity index (χ0) is 13.7. The van der Waals surface area contributed by atoms with Gasteiger partial charge in [-0.05, 0) is 44.6 Å². The number of phenols is 1. The van der Waals surface area contributed by atoms with E-state index < -0.39 is 0 Å². The molecule has 0 aliphatic rings. The Balaban J connectivity index is 2.54. The van der Waals surface area contributed by atoms with Crippen LogP contribution in [0.15, 0.2) is 24.3 Å². The molecule has 0 fully saturated rings. The zero-order valence-corrected chi connectivity index (χ0v) is 12.1. The summed E-state index contributed by atoms with van der Waals surface area (Å²) < 4.78 is 0. The summed E-state index contributed by atoms with van der Waals surface area (Å²) in [7, 11) is 4.25. The normalized spacial score (nSPS) is 15.1.